The van der Waals surface area contributed by atoms with E-state index in [0.717, 1.165) is 22.2 Å². The fourth-order valence-corrected chi connectivity index (χ4v) is 6.49. The van der Waals surface area contributed by atoms with Crippen molar-refractivity contribution < 1.29 is 17.9 Å². The number of nitrogens with zero attached hydrogens (tertiary/aromatic N) is 6. The predicted octanol–water partition coefficient (Wildman–Crippen LogP) is 3.46. The van der Waals surface area contributed by atoms with Gasteiger partial charge in [0, 0.05) is 55.3 Å². The summed E-state index contributed by atoms with van der Waals surface area (Å²) >= 11 is 0. The van der Waals surface area contributed by atoms with E-state index in [0.29, 0.717) is 37.1 Å². The molecule has 0 radical (unpaired) electrons. The van der Waals surface area contributed by atoms with Crippen molar-refractivity contribution in [3.8, 4) is 0 Å². The van der Waals surface area contributed by atoms with Gasteiger partial charge in [0.2, 0.25) is 5.95 Å². The van der Waals surface area contributed by atoms with Crippen LogP contribution in [0.15, 0.2) is 30.7 Å². The van der Waals surface area contributed by atoms with Crippen molar-refractivity contribution >= 4 is 44.0 Å². The highest BCUT2D eigenvalue weighted by Gasteiger charge is 2.40. The van der Waals surface area contributed by atoms with E-state index >= 15 is 0 Å². The number of hydrogen-bond acceptors (Lipinski definition) is 10. The molecule has 5 heterocycles. The summed E-state index contributed by atoms with van der Waals surface area (Å²) in [5.74, 6) is 2.79. The Balaban J connectivity index is 1.40. The molecular formula is C27H36FN7O3S. The first-order valence-electron chi connectivity index (χ1n) is 13.3. The van der Waals surface area contributed by atoms with Crippen LogP contribution >= 0.6 is 0 Å². The Labute approximate surface area is 228 Å². The first-order chi connectivity index (χ1) is 18.3. The Morgan fingerprint density at radius 1 is 1.18 bits per heavy atom. The van der Waals surface area contributed by atoms with Gasteiger partial charge in [-0.2, -0.15) is 4.98 Å². The van der Waals surface area contributed by atoms with Gasteiger partial charge in [0.25, 0.3) is 0 Å². The van der Waals surface area contributed by atoms with Crippen molar-refractivity contribution in [3.63, 3.8) is 0 Å². The SMILES string of the molecule is CC(C)c1cnc(N2C[C@H](CS(C)(=O)=O)[C@H]2C)c2cnc(Nc3ccnc(N4CC[C@](C)(O)[C@H](F)C4)n3)cc12. The Morgan fingerprint density at radius 2 is 1.95 bits per heavy atom. The molecule has 0 saturated carbocycles. The van der Waals surface area contributed by atoms with Gasteiger partial charge in [0.1, 0.15) is 33.5 Å². The average Bonchev–Trinajstić information content (AvgIpc) is 2.86. The standard InChI is InChI=1S/C27H36FN7O3S/c1-16(2)20-11-31-25(35-13-18(17(35)3)15-39(5,37)38)21-12-30-24(10-19(20)21)32-23-6-8-29-26(33-23)34-9-7-27(4,36)22(28)14-34/h6,8,10-12,16-18,22,36H,7,9,13-15H2,1-5H3,(H,29,30,32,33)/t17-,18-,22-,27+/m1/s1. The molecule has 39 heavy (non-hydrogen) atoms. The molecule has 2 N–H and O–H groups in total. The monoisotopic (exact) mass is 557 g/mol. The van der Waals surface area contributed by atoms with E-state index in [4.69, 9.17) is 4.98 Å². The van der Waals surface area contributed by atoms with Crippen LogP contribution in [0.2, 0.25) is 0 Å². The molecule has 2 aliphatic rings. The highest BCUT2D eigenvalue weighted by atomic mass is 32.2. The van der Waals surface area contributed by atoms with Crippen LogP contribution in [0.25, 0.3) is 10.8 Å². The fourth-order valence-electron chi connectivity index (χ4n) is 5.33. The minimum atomic E-state index is -3.05. The lowest BCUT2D eigenvalue weighted by atomic mass is 9.90. The van der Waals surface area contributed by atoms with Gasteiger partial charge in [-0.25, -0.2) is 27.8 Å². The van der Waals surface area contributed by atoms with E-state index in [2.05, 4.69) is 39.0 Å². The molecular weight excluding hydrogens is 521 g/mol. The maximum Gasteiger partial charge on any atom is 0.227 e. The van der Waals surface area contributed by atoms with Crippen molar-refractivity contribution in [3.05, 3.63) is 36.3 Å². The summed E-state index contributed by atoms with van der Waals surface area (Å²) in [5, 5.41) is 15.3. The maximum atomic E-state index is 14.4. The lowest BCUT2D eigenvalue weighted by Crippen LogP contribution is -2.57. The van der Waals surface area contributed by atoms with E-state index in [1.54, 1.807) is 23.4 Å². The number of nitrogens with one attached hydrogen (secondary N) is 1. The zero-order valence-corrected chi connectivity index (χ0v) is 23.8. The number of fused-ring (bicyclic) bond motifs is 1. The highest BCUT2D eigenvalue weighted by molar-refractivity contribution is 7.90. The second kappa shape index (κ2) is 10.1. The minimum absolute atomic E-state index is 0.0260. The van der Waals surface area contributed by atoms with E-state index in [1.165, 1.54) is 13.2 Å². The topological polar surface area (TPSA) is 124 Å². The smallest absolute Gasteiger partial charge is 0.227 e. The molecule has 0 bridgehead atoms. The highest BCUT2D eigenvalue weighted by Crippen LogP contribution is 2.38. The number of pyridine rings is 2. The first kappa shape index (κ1) is 27.4. The Hall–Kier alpha value is -3.12. The Bertz CT molecular complexity index is 1480. The summed E-state index contributed by atoms with van der Waals surface area (Å²) in [4.78, 5) is 22.2. The number of rotatable bonds is 7. The summed E-state index contributed by atoms with van der Waals surface area (Å²) in [6, 6.07) is 3.76. The number of piperidine rings is 1. The molecule has 0 spiro atoms. The summed E-state index contributed by atoms with van der Waals surface area (Å²) in [6.45, 7) is 8.89. The molecule has 2 fully saturated rings. The Kier molecular flexibility index (Phi) is 7.13. The van der Waals surface area contributed by atoms with Crippen molar-refractivity contribution in [2.75, 3.05) is 46.8 Å². The summed E-state index contributed by atoms with van der Waals surface area (Å²) < 4.78 is 38.0. The number of anilines is 4. The summed E-state index contributed by atoms with van der Waals surface area (Å²) in [7, 11) is -3.05. The molecule has 12 heteroatoms. The van der Waals surface area contributed by atoms with Crippen molar-refractivity contribution in [1.82, 2.24) is 19.9 Å². The van der Waals surface area contributed by atoms with Crippen molar-refractivity contribution in [2.45, 2.75) is 57.8 Å². The van der Waals surface area contributed by atoms with Crippen LogP contribution in [0.5, 0.6) is 0 Å². The number of aliphatic hydroxyl groups is 1. The molecule has 2 saturated heterocycles. The summed E-state index contributed by atoms with van der Waals surface area (Å²) in [6.07, 6.45) is 5.49. The molecule has 0 aliphatic carbocycles. The van der Waals surface area contributed by atoms with Gasteiger partial charge in [-0.15, -0.1) is 0 Å². The molecule has 5 rings (SSSR count). The third kappa shape index (κ3) is 5.62. The van der Waals surface area contributed by atoms with Crippen LogP contribution in [0.1, 0.15) is 45.6 Å². The van der Waals surface area contributed by atoms with Crippen LogP contribution < -0.4 is 15.1 Å². The number of alkyl halides is 1. The lowest BCUT2D eigenvalue weighted by Gasteiger charge is -2.47. The fraction of sp³-hybridized carbons (Fsp3) is 0.556. The molecule has 3 aromatic heterocycles. The van der Waals surface area contributed by atoms with Gasteiger partial charge in [-0.05, 0) is 49.3 Å². The van der Waals surface area contributed by atoms with E-state index in [9.17, 15) is 17.9 Å². The predicted molar refractivity (Wildman–Crippen MR) is 151 cm³/mol. The quantitative estimate of drug-likeness (QED) is 0.446. The molecule has 0 aromatic carbocycles. The third-order valence-electron chi connectivity index (χ3n) is 7.92. The largest absolute Gasteiger partial charge is 0.387 e. The molecule has 0 amide bonds. The van der Waals surface area contributed by atoms with Crippen LogP contribution in [0, 0.1) is 5.92 Å². The van der Waals surface area contributed by atoms with Gasteiger partial charge in [-0.1, -0.05) is 13.8 Å². The zero-order chi connectivity index (χ0) is 28.1. The minimum Gasteiger partial charge on any atom is -0.387 e. The maximum absolute atomic E-state index is 14.4. The molecule has 2 aliphatic heterocycles. The third-order valence-corrected chi connectivity index (χ3v) is 8.96. The average molecular weight is 558 g/mol. The lowest BCUT2D eigenvalue weighted by molar-refractivity contribution is -0.0332. The molecule has 4 atom stereocenters. The molecule has 10 nitrogen and oxygen atoms in total. The molecule has 210 valence electrons. The van der Waals surface area contributed by atoms with Gasteiger partial charge in [-0.3, -0.25) is 0 Å². The van der Waals surface area contributed by atoms with Gasteiger partial charge in [0.15, 0.2) is 0 Å². The normalized spacial score (nSPS) is 25.7. The number of sulfone groups is 1. The van der Waals surface area contributed by atoms with E-state index in [-0.39, 0.29) is 30.2 Å². The van der Waals surface area contributed by atoms with Gasteiger partial charge >= 0.3 is 0 Å². The summed E-state index contributed by atoms with van der Waals surface area (Å²) in [5.41, 5.74) is -0.260. The van der Waals surface area contributed by atoms with Crippen LogP contribution in [0.3, 0.4) is 0 Å². The number of aromatic nitrogens is 4. The van der Waals surface area contributed by atoms with Crippen molar-refractivity contribution in [2.24, 2.45) is 5.92 Å². The first-order valence-corrected chi connectivity index (χ1v) is 15.3. The zero-order valence-electron chi connectivity index (χ0n) is 23.0. The van der Waals surface area contributed by atoms with Gasteiger partial charge < -0.3 is 20.2 Å². The van der Waals surface area contributed by atoms with Crippen LogP contribution in [0.4, 0.5) is 27.8 Å². The second-order valence-electron chi connectivity index (χ2n) is 11.4. The van der Waals surface area contributed by atoms with Crippen molar-refractivity contribution in [1.29, 1.82) is 0 Å². The van der Waals surface area contributed by atoms with Crippen LogP contribution in [-0.4, -0.2) is 82.9 Å². The van der Waals surface area contributed by atoms with Crippen LogP contribution in [-0.2, 0) is 9.84 Å². The molecule has 3 aromatic rings. The number of hydrogen-bond donors (Lipinski definition) is 2. The second-order valence-corrected chi connectivity index (χ2v) is 13.6. The Morgan fingerprint density at radius 3 is 2.62 bits per heavy atom. The van der Waals surface area contributed by atoms with Gasteiger partial charge in [0.05, 0.1) is 17.9 Å². The molecule has 0 unspecified atom stereocenters. The van der Waals surface area contributed by atoms with E-state index < -0.39 is 21.6 Å². The van der Waals surface area contributed by atoms with E-state index in [1.807, 2.05) is 19.2 Å². The number of halogens is 1.